The lowest BCUT2D eigenvalue weighted by Crippen LogP contribution is -2.38. The van der Waals surface area contributed by atoms with Crippen LogP contribution in [0.15, 0.2) is 24.4 Å². The van der Waals surface area contributed by atoms with E-state index in [0.29, 0.717) is 12.1 Å². The Morgan fingerprint density at radius 3 is 2.86 bits per heavy atom. The molecule has 6 heteroatoms. The van der Waals surface area contributed by atoms with E-state index in [2.05, 4.69) is 28.1 Å². The van der Waals surface area contributed by atoms with Crippen LogP contribution in [0.2, 0.25) is 0 Å². The van der Waals surface area contributed by atoms with Gasteiger partial charge in [-0.15, -0.1) is 0 Å². The molecule has 3 aliphatic heterocycles. The number of fused-ring (bicyclic) bond motifs is 4. The van der Waals surface area contributed by atoms with Gasteiger partial charge in [0.1, 0.15) is 5.75 Å². The van der Waals surface area contributed by atoms with Gasteiger partial charge < -0.3 is 14.7 Å². The smallest absolute Gasteiger partial charge is 0.225 e. The zero-order chi connectivity index (χ0) is 19.1. The predicted molar refractivity (Wildman–Crippen MR) is 107 cm³/mol. The maximum atomic E-state index is 9.63. The van der Waals surface area contributed by atoms with Crippen LogP contribution in [0.3, 0.4) is 0 Å². The van der Waals surface area contributed by atoms with Crippen molar-refractivity contribution < 1.29 is 9.84 Å². The number of benzene rings is 1. The fourth-order valence-electron chi connectivity index (χ4n) is 5.14. The maximum absolute atomic E-state index is 9.63. The summed E-state index contributed by atoms with van der Waals surface area (Å²) in [5.41, 5.74) is 4.64. The summed E-state index contributed by atoms with van der Waals surface area (Å²) in [6.45, 7) is 3.06. The third-order valence-corrected chi connectivity index (χ3v) is 6.59. The number of nitrogens with zero attached hydrogens (tertiary/aromatic N) is 4. The highest BCUT2D eigenvalue weighted by molar-refractivity contribution is 5.39. The summed E-state index contributed by atoms with van der Waals surface area (Å²) in [6.07, 6.45) is 7.98. The van der Waals surface area contributed by atoms with Gasteiger partial charge in [-0.05, 0) is 43.4 Å². The molecule has 2 bridgehead atoms. The first-order valence-electron chi connectivity index (χ1n) is 10.4. The van der Waals surface area contributed by atoms with Crippen molar-refractivity contribution in [2.24, 2.45) is 0 Å². The van der Waals surface area contributed by atoms with Gasteiger partial charge in [0.2, 0.25) is 5.95 Å². The summed E-state index contributed by atoms with van der Waals surface area (Å²) >= 11 is 0. The molecular formula is C22H28N4O2. The first-order chi connectivity index (χ1) is 13.8. The summed E-state index contributed by atoms with van der Waals surface area (Å²) in [6, 6.07) is 7.09. The SMILES string of the molecule is COc1ccc(CN2[C@@H]3CC[C@@H]2c2cnc(N4CCCC4)nc2C3)cc1CO. The lowest BCUT2D eigenvalue weighted by atomic mass is 9.98. The summed E-state index contributed by atoms with van der Waals surface area (Å²) in [7, 11) is 1.65. The van der Waals surface area contributed by atoms with E-state index in [4.69, 9.17) is 14.7 Å². The van der Waals surface area contributed by atoms with Crippen LogP contribution >= 0.6 is 0 Å². The van der Waals surface area contributed by atoms with Gasteiger partial charge in [-0.3, -0.25) is 4.90 Å². The molecule has 1 N–H and O–H groups in total. The second kappa shape index (κ2) is 7.33. The minimum absolute atomic E-state index is 0.000178. The first kappa shape index (κ1) is 17.9. The largest absolute Gasteiger partial charge is 0.496 e. The monoisotopic (exact) mass is 380 g/mol. The molecule has 4 heterocycles. The van der Waals surface area contributed by atoms with Crippen molar-refractivity contribution in [1.29, 1.82) is 0 Å². The van der Waals surface area contributed by atoms with E-state index in [1.165, 1.54) is 42.5 Å². The normalized spacial score (nSPS) is 23.9. The van der Waals surface area contributed by atoms with Crippen LogP contribution in [0.1, 0.15) is 54.1 Å². The fourth-order valence-corrected chi connectivity index (χ4v) is 5.14. The summed E-state index contributed by atoms with van der Waals surface area (Å²) in [4.78, 5) is 14.6. The van der Waals surface area contributed by atoms with E-state index in [0.717, 1.165) is 43.3 Å². The Labute approximate surface area is 166 Å². The molecule has 6 nitrogen and oxygen atoms in total. The van der Waals surface area contributed by atoms with Gasteiger partial charge >= 0.3 is 0 Å². The zero-order valence-electron chi connectivity index (χ0n) is 16.5. The van der Waals surface area contributed by atoms with Crippen LogP contribution in [0.25, 0.3) is 0 Å². The van der Waals surface area contributed by atoms with Gasteiger partial charge in [0.25, 0.3) is 0 Å². The van der Waals surface area contributed by atoms with E-state index in [1.807, 2.05) is 6.07 Å². The van der Waals surface area contributed by atoms with Gasteiger partial charge in [-0.25, -0.2) is 9.97 Å². The highest BCUT2D eigenvalue weighted by Gasteiger charge is 2.41. The minimum atomic E-state index is -0.000178. The van der Waals surface area contributed by atoms with Gasteiger partial charge in [0.05, 0.1) is 19.4 Å². The molecule has 0 unspecified atom stereocenters. The van der Waals surface area contributed by atoms with E-state index in [1.54, 1.807) is 7.11 Å². The predicted octanol–water partition coefficient (Wildman–Crippen LogP) is 2.84. The Hall–Kier alpha value is -2.18. The molecule has 1 aromatic heterocycles. The molecule has 2 aromatic rings. The Kier molecular flexibility index (Phi) is 4.69. The van der Waals surface area contributed by atoms with E-state index < -0.39 is 0 Å². The van der Waals surface area contributed by atoms with Gasteiger partial charge in [-0.2, -0.15) is 0 Å². The Morgan fingerprint density at radius 2 is 2.07 bits per heavy atom. The number of rotatable bonds is 5. The molecule has 0 radical (unpaired) electrons. The summed E-state index contributed by atoms with van der Waals surface area (Å²) in [5, 5.41) is 9.63. The van der Waals surface area contributed by atoms with Crippen molar-refractivity contribution in [3.8, 4) is 5.75 Å². The van der Waals surface area contributed by atoms with Crippen molar-refractivity contribution in [2.45, 2.75) is 57.3 Å². The molecule has 0 aliphatic carbocycles. The van der Waals surface area contributed by atoms with Crippen molar-refractivity contribution in [3.63, 3.8) is 0 Å². The topological polar surface area (TPSA) is 61.7 Å². The van der Waals surface area contributed by atoms with Crippen LogP contribution in [0.4, 0.5) is 5.95 Å². The molecule has 2 saturated heterocycles. The fraction of sp³-hybridized carbons (Fsp3) is 0.545. The zero-order valence-corrected chi connectivity index (χ0v) is 16.5. The lowest BCUT2D eigenvalue weighted by Gasteiger charge is -2.36. The van der Waals surface area contributed by atoms with Crippen LogP contribution in [-0.2, 0) is 19.6 Å². The van der Waals surface area contributed by atoms with E-state index in [9.17, 15) is 5.11 Å². The van der Waals surface area contributed by atoms with Crippen LogP contribution < -0.4 is 9.64 Å². The lowest BCUT2D eigenvalue weighted by molar-refractivity contribution is 0.166. The molecule has 28 heavy (non-hydrogen) atoms. The third kappa shape index (κ3) is 3.05. The van der Waals surface area contributed by atoms with E-state index >= 15 is 0 Å². The number of aliphatic hydroxyl groups is 1. The van der Waals surface area contributed by atoms with Crippen LogP contribution in [0, 0.1) is 0 Å². The number of ether oxygens (including phenoxy) is 1. The van der Waals surface area contributed by atoms with Gasteiger partial charge in [0.15, 0.2) is 0 Å². The van der Waals surface area contributed by atoms with Crippen molar-refractivity contribution in [2.75, 3.05) is 25.1 Å². The molecule has 3 aliphatic rings. The quantitative estimate of drug-likeness (QED) is 0.861. The molecule has 0 spiro atoms. The number of aliphatic hydroxyl groups excluding tert-OH is 1. The van der Waals surface area contributed by atoms with Crippen LogP contribution in [-0.4, -0.2) is 46.2 Å². The number of hydrogen-bond acceptors (Lipinski definition) is 6. The minimum Gasteiger partial charge on any atom is -0.496 e. The average molecular weight is 380 g/mol. The summed E-state index contributed by atoms with van der Waals surface area (Å²) in [5.74, 6) is 1.67. The van der Waals surface area contributed by atoms with Crippen molar-refractivity contribution >= 4 is 5.95 Å². The molecule has 0 amide bonds. The van der Waals surface area contributed by atoms with E-state index in [-0.39, 0.29) is 6.61 Å². The Morgan fingerprint density at radius 1 is 1.21 bits per heavy atom. The molecule has 0 saturated carbocycles. The maximum Gasteiger partial charge on any atom is 0.225 e. The Bertz CT molecular complexity index is 866. The second-order valence-corrected chi connectivity index (χ2v) is 8.19. The summed E-state index contributed by atoms with van der Waals surface area (Å²) < 4.78 is 5.34. The number of aromatic nitrogens is 2. The molecule has 5 rings (SSSR count). The number of hydrogen-bond donors (Lipinski definition) is 1. The van der Waals surface area contributed by atoms with Crippen molar-refractivity contribution in [1.82, 2.24) is 14.9 Å². The number of methoxy groups -OCH3 is 1. The van der Waals surface area contributed by atoms with Gasteiger partial charge in [0, 0.05) is 55.5 Å². The van der Waals surface area contributed by atoms with Gasteiger partial charge in [-0.1, -0.05) is 6.07 Å². The molecule has 2 atom stereocenters. The highest BCUT2D eigenvalue weighted by Crippen LogP contribution is 2.44. The molecule has 2 fully saturated rings. The highest BCUT2D eigenvalue weighted by atomic mass is 16.5. The van der Waals surface area contributed by atoms with Crippen LogP contribution in [0.5, 0.6) is 5.75 Å². The van der Waals surface area contributed by atoms with Crippen molar-refractivity contribution in [3.05, 3.63) is 46.8 Å². The Balaban J connectivity index is 1.39. The average Bonchev–Trinajstić information content (AvgIpc) is 3.35. The molecule has 148 valence electrons. The molecular weight excluding hydrogens is 352 g/mol. The standard InChI is InChI=1S/C22H28N4O2/c1-28-21-7-4-15(10-16(21)14-27)13-26-17-5-6-20(26)18-12-23-22(24-19(18)11-17)25-8-2-3-9-25/h4,7,10,12,17,20,27H,2-3,5-6,8-9,11,13-14H2,1H3/t17-,20-/m1/s1. The molecule has 1 aromatic carbocycles. The number of anilines is 1. The third-order valence-electron chi connectivity index (χ3n) is 6.59. The second-order valence-electron chi connectivity index (χ2n) is 8.19. The first-order valence-corrected chi connectivity index (χ1v) is 10.4.